The smallest absolute Gasteiger partial charge is 0.191 e. The highest BCUT2D eigenvalue weighted by Gasteiger charge is 2.21. The molecule has 6 nitrogen and oxygen atoms in total. The second-order valence-corrected chi connectivity index (χ2v) is 8.77. The van der Waals surface area contributed by atoms with Gasteiger partial charge in [0.1, 0.15) is 11.9 Å². The molecule has 0 radical (unpaired) electrons. The fourth-order valence-corrected chi connectivity index (χ4v) is 4.41. The van der Waals surface area contributed by atoms with E-state index >= 15 is 0 Å². The molecule has 1 aromatic rings. The van der Waals surface area contributed by atoms with Crippen LogP contribution in [0.4, 0.5) is 0 Å². The Morgan fingerprint density at radius 3 is 2.72 bits per heavy atom. The number of piperidine rings is 1. The van der Waals surface area contributed by atoms with Crippen molar-refractivity contribution in [3.8, 4) is 5.75 Å². The predicted octanol–water partition coefficient (Wildman–Crippen LogP) is 2.81. The van der Waals surface area contributed by atoms with Gasteiger partial charge in [-0.1, -0.05) is 26.0 Å². The molecule has 2 saturated heterocycles. The van der Waals surface area contributed by atoms with Crippen molar-refractivity contribution in [2.75, 3.05) is 46.4 Å². The topological polar surface area (TPSA) is 58.1 Å². The molecular weight excluding hydrogens is 364 g/mol. The van der Waals surface area contributed by atoms with Gasteiger partial charge in [0.05, 0.1) is 13.2 Å². The van der Waals surface area contributed by atoms with Crippen molar-refractivity contribution in [2.45, 2.75) is 46.3 Å². The third-order valence-corrected chi connectivity index (χ3v) is 5.74. The van der Waals surface area contributed by atoms with Crippen LogP contribution in [0.5, 0.6) is 5.75 Å². The maximum absolute atomic E-state index is 6.20. The molecule has 0 amide bonds. The Bertz CT molecular complexity index is 663. The van der Waals surface area contributed by atoms with Gasteiger partial charge in [0.25, 0.3) is 0 Å². The SMILES string of the molecule is CN=C(NCCN1CC(C)CC(C)C1)NCc1ccc(C)cc1OC1CCOC1. The van der Waals surface area contributed by atoms with Crippen molar-refractivity contribution in [1.82, 2.24) is 15.5 Å². The Morgan fingerprint density at radius 1 is 1.24 bits per heavy atom. The molecule has 2 heterocycles. The average molecular weight is 403 g/mol. The summed E-state index contributed by atoms with van der Waals surface area (Å²) in [5.41, 5.74) is 2.35. The van der Waals surface area contributed by atoms with E-state index in [1.165, 1.54) is 25.1 Å². The van der Waals surface area contributed by atoms with Crippen molar-refractivity contribution in [3.05, 3.63) is 29.3 Å². The molecule has 0 saturated carbocycles. The first-order valence-electron chi connectivity index (χ1n) is 11.0. The number of ether oxygens (including phenoxy) is 2. The molecule has 0 aliphatic carbocycles. The van der Waals surface area contributed by atoms with Crippen LogP contribution in [0.1, 0.15) is 37.8 Å². The number of hydrogen-bond acceptors (Lipinski definition) is 4. The number of nitrogens with one attached hydrogen (secondary N) is 2. The molecule has 162 valence electrons. The van der Waals surface area contributed by atoms with E-state index in [4.69, 9.17) is 9.47 Å². The van der Waals surface area contributed by atoms with Crippen LogP contribution in [0.15, 0.2) is 23.2 Å². The number of aliphatic imine (C=N–C) groups is 1. The Kier molecular flexibility index (Phi) is 8.19. The monoisotopic (exact) mass is 402 g/mol. The second-order valence-electron chi connectivity index (χ2n) is 8.77. The minimum absolute atomic E-state index is 0.155. The van der Waals surface area contributed by atoms with E-state index in [2.05, 4.69) is 59.5 Å². The van der Waals surface area contributed by atoms with Crippen molar-refractivity contribution < 1.29 is 9.47 Å². The number of guanidine groups is 1. The van der Waals surface area contributed by atoms with Gasteiger partial charge < -0.3 is 25.0 Å². The maximum atomic E-state index is 6.20. The summed E-state index contributed by atoms with van der Waals surface area (Å²) >= 11 is 0. The van der Waals surface area contributed by atoms with Crippen LogP contribution in [0, 0.1) is 18.8 Å². The third kappa shape index (κ3) is 6.89. The number of nitrogens with zero attached hydrogens (tertiary/aromatic N) is 2. The highest BCUT2D eigenvalue weighted by atomic mass is 16.5. The molecule has 2 N–H and O–H groups in total. The largest absolute Gasteiger partial charge is 0.488 e. The third-order valence-electron chi connectivity index (χ3n) is 5.74. The molecule has 6 heteroatoms. The zero-order valence-electron chi connectivity index (χ0n) is 18.5. The van der Waals surface area contributed by atoms with Gasteiger partial charge in [-0.2, -0.15) is 0 Å². The molecule has 2 aliphatic heterocycles. The van der Waals surface area contributed by atoms with E-state index in [9.17, 15) is 0 Å². The maximum Gasteiger partial charge on any atom is 0.191 e. The molecular formula is C23H38N4O2. The zero-order valence-corrected chi connectivity index (χ0v) is 18.5. The van der Waals surface area contributed by atoms with Gasteiger partial charge in [-0.3, -0.25) is 4.99 Å². The Labute approximate surface area is 176 Å². The first-order chi connectivity index (χ1) is 14.0. The zero-order chi connectivity index (χ0) is 20.6. The highest BCUT2D eigenvalue weighted by Crippen LogP contribution is 2.24. The van der Waals surface area contributed by atoms with E-state index in [1.54, 1.807) is 0 Å². The summed E-state index contributed by atoms with van der Waals surface area (Å²) in [5, 5.41) is 6.89. The minimum atomic E-state index is 0.155. The quantitative estimate of drug-likeness (QED) is 0.543. The molecule has 3 atom stereocenters. The molecule has 0 bridgehead atoms. The van der Waals surface area contributed by atoms with E-state index < -0.39 is 0 Å². The Morgan fingerprint density at radius 2 is 2.03 bits per heavy atom. The number of hydrogen-bond donors (Lipinski definition) is 2. The Hall–Kier alpha value is -1.79. The molecule has 2 fully saturated rings. The molecule has 1 aromatic carbocycles. The van der Waals surface area contributed by atoms with Crippen molar-refractivity contribution >= 4 is 5.96 Å². The number of likely N-dealkylation sites (tertiary alicyclic amines) is 1. The number of rotatable bonds is 7. The average Bonchev–Trinajstić information content (AvgIpc) is 3.18. The van der Waals surface area contributed by atoms with Gasteiger partial charge in [0.2, 0.25) is 0 Å². The van der Waals surface area contributed by atoms with Crippen molar-refractivity contribution in [1.29, 1.82) is 0 Å². The molecule has 2 aliphatic rings. The van der Waals surface area contributed by atoms with Crippen LogP contribution >= 0.6 is 0 Å². The van der Waals surface area contributed by atoms with Crippen LogP contribution in [-0.2, 0) is 11.3 Å². The lowest BCUT2D eigenvalue weighted by Crippen LogP contribution is -2.45. The van der Waals surface area contributed by atoms with Gasteiger partial charge in [-0.05, 0) is 36.8 Å². The van der Waals surface area contributed by atoms with Crippen molar-refractivity contribution in [3.63, 3.8) is 0 Å². The molecule has 0 spiro atoms. The predicted molar refractivity (Wildman–Crippen MR) is 119 cm³/mol. The summed E-state index contributed by atoms with van der Waals surface area (Å²) in [7, 11) is 1.82. The van der Waals surface area contributed by atoms with Crippen LogP contribution in [0.2, 0.25) is 0 Å². The summed E-state index contributed by atoms with van der Waals surface area (Å²) < 4.78 is 11.7. The number of aryl methyl sites for hydroxylation is 1. The summed E-state index contributed by atoms with van der Waals surface area (Å²) in [6.07, 6.45) is 2.46. The van der Waals surface area contributed by atoms with Gasteiger partial charge in [0.15, 0.2) is 5.96 Å². The van der Waals surface area contributed by atoms with Crippen LogP contribution in [0.25, 0.3) is 0 Å². The Balaban J connectivity index is 1.47. The van der Waals surface area contributed by atoms with E-state index in [1.807, 2.05) is 7.05 Å². The standard InChI is InChI=1S/C23H38N4O2/c1-17-5-6-20(22(12-17)29-21-7-10-28-16-21)13-26-23(24-4)25-8-9-27-14-18(2)11-19(3)15-27/h5-6,12,18-19,21H,7-11,13-16H2,1-4H3,(H2,24,25,26). The molecule has 29 heavy (non-hydrogen) atoms. The van der Waals surface area contributed by atoms with Crippen LogP contribution < -0.4 is 15.4 Å². The summed E-state index contributed by atoms with van der Waals surface area (Å²) in [5.74, 6) is 3.36. The normalized spacial score (nSPS) is 25.8. The van der Waals surface area contributed by atoms with Gasteiger partial charge in [-0.15, -0.1) is 0 Å². The van der Waals surface area contributed by atoms with Gasteiger partial charge in [0, 0.05) is 51.8 Å². The molecule has 3 rings (SSSR count). The van der Waals surface area contributed by atoms with E-state index in [0.29, 0.717) is 13.2 Å². The fraction of sp³-hybridized carbons (Fsp3) is 0.696. The fourth-order valence-electron chi connectivity index (χ4n) is 4.41. The second kappa shape index (κ2) is 10.8. The van der Waals surface area contributed by atoms with Crippen LogP contribution in [-0.4, -0.2) is 63.4 Å². The van der Waals surface area contributed by atoms with Crippen LogP contribution in [0.3, 0.4) is 0 Å². The summed E-state index contributed by atoms with van der Waals surface area (Å²) in [6, 6.07) is 6.38. The van der Waals surface area contributed by atoms with E-state index in [0.717, 1.165) is 55.2 Å². The summed E-state index contributed by atoms with van der Waals surface area (Å²) in [4.78, 5) is 6.95. The summed E-state index contributed by atoms with van der Waals surface area (Å²) in [6.45, 7) is 13.3. The lowest BCUT2D eigenvalue weighted by atomic mass is 9.92. The lowest BCUT2D eigenvalue weighted by Gasteiger charge is -2.35. The first kappa shape index (κ1) is 21.9. The molecule has 3 unspecified atom stereocenters. The lowest BCUT2D eigenvalue weighted by molar-refractivity contribution is 0.140. The van der Waals surface area contributed by atoms with E-state index in [-0.39, 0.29) is 6.10 Å². The van der Waals surface area contributed by atoms with Gasteiger partial charge in [-0.25, -0.2) is 0 Å². The van der Waals surface area contributed by atoms with Gasteiger partial charge >= 0.3 is 0 Å². The number of benzene rings is 1. The molecule has 0 aromatic heterocycles. The highest BCUT2D eigenvalue weighted by molar-refractivity contribution is 5.79. The minimum Gasteiger partial charge on any atom is -0.488 e. The van der Waals surface area contributed by atoms with Crippen molar-refractivity contribution in [2.24, 2.45) is 16.8 Å². The first-order valence-corrected chi connectivity index (χ1v) is 11.0.